The fourth-order valence-corrected chi connectivity index (χ4v) is 5.76. The summed E-state index contributed by atoms with van der Waals surface area (Å²) in [4.78, 5) is 27.3. The SMILES string of the molecule is COc1ccc(N(C(=O)c2ccccc2F)[C@H]2CS(=O)(=O)C[C@@H]2OC(=O)c2ccccc2F)cc1. The predicted octanol–water partition coefficient (Wildman–Crippen LogP) is 3.64. The van der Waals surface area contributed by atoms with Crippen LogP contribution in [0.15, 0.2) is 72.8 Å². The van der Waals surface area contributed by atoms with Crippen molar-refractivity contribution < 1.29 is 36.3 Å². The molecular weight excluding hydrogens is 480 g/mol. The van der Waals surface area contributed by atoms with Crippen LogP contribution in [-0.4, -0.2) is 51.1 Å². The number of methoxy groups -OCH3 is 1. The molecule has 0 bridgehead atoms. The Hall–Kier alpha value is -3.79. The number of hydrogen-bond acceptors (Lipinski definition) is 6. The number of nitrogens with zero attached hydrogens (tertiary/aromatic N) is 1. The quantitative estimate of drug-likeness (QED) is 0.479. The summed E-state index contributed by atoms with van der Waals surface area (Å²) in [7, 11) is -2.30. The van der Waals surface area contributed by atoms with Crippen molar-refractivity contribution in [3.63, 3.8) is 0 Å². The second-order valence-corrected chi connectivity index (χ2v) is 10.1. The Morgan fingerprint density at radius 3 is 2.00 bits per heavy atom. The molecule has 7 nitrogen and oxygen atoms in total. The summed E-state index contributed by atoms with van der Waals surface area (Å²) in [5.41, 5.74) is -0.410. The molecule has 2 atom stereocenters. The summed E-state index contributed by atoms with van der Waals surface area (Å²) in [6.45, 7) is 0. The molecule has 182 valence electrons. The molecule has 1 heterocycles. The first kappa shape index (κ1) is 24.3. The van der Waals surface area contributed by atoms with Gasteiger partial charge in [0.15, 0.2) is 9.84 Å². The van der Waals surface area contributed by atoms with E-state index in [1.807, 2.05) is 0 Å². The number of sulfone groups is 1. The second kappa shape index (κ2) is 9.83. The zero-order chi connectivity index (χ0) is 25.2. The summed E-state index contributed by atoms with van der Waals surface area (Å²) in [6, 6.07) is 15.4. The van der Waals surface area contributed by atoms with E-state index in [4.69, 9.17) is 9.47 Å². The first-order chi connectivity index (χ1) is 16.7. The van der Waals surface area contributed by atoms with E-state index in [-0.39, 0.29) is 16.8 Å². The molecule has 1 aliphatic rings. The standard InChI is InChI=1S/C25H21F2NO6S/c1-33-17-12-10-16(11-13-17)28(24(29)18-6-2-4-8-20(18)26)22-14-35(31,32)15-23(22)34-25(30)19-7-3-5-9-21(19)27/h2-13,22-23H,14-15H2,1H3/t22-,23-/m0/s1. The van der Waals surface area contributed by atoms with Crippen LogP contribution >= 0.6 is 0 Å². The first-order valence-corrected chi connectivity index (χ1v) is 12.4. The predicted molar refractivity (Wildman–Crippen MR) is 124 cm³/mol. The Kier molecular flexibility index (Phi) is 6.83. The third kappa shape index (κ3) is 5.17. The van der Waals surface area contributed by atoms with Crippen LogP contribution in [0.1, 0.15) is 20.7 Å². The number of carbonyl (C=O) groups excluding carboxylic acids is 2. The lowest BCUT2D eigenvalue weighted by atomic mass is 10.1. The Balaban J connectivity index is 1.76. The van der Waals surface area contributed by atoms with Gasteiger partial charge in [-0.1, -0.05) is 24.3 Å². The van der Waals surface area contributed by atoms with E-state index >= 15 is 0 Å². The molecule has 35 heavy (non-hydrogen) atoms. The second-order valence-electron chi connectivity index (χ2n) is 7.92. The van der Waals surface area contributed by atoms with Crippen LogP contribution in [-0.2, 0) is 14.6 Å². The molecule has 1 fully saturated rings. The van der Waals surface area contributed by atoms with Crippen LogP contribution in [0.2, 0.25) is 0 Å². The maximum atomic E-state index is 14.5. The zero-order valence-electron chi connectivity index (χ0n) is 18.6. The van der Waals surface area contributed by atoms with Crippen LogP contribution in [0.5, 0.6) is 5.75 Å². The van der Waals surface area contributed by atoms with Gasteiger partial charge < -0.3 is 14.4 Å². The number of amides is 1. The van der Waals surface area contributed by atoms with E-state index in [9.17, 15) is 26.8 Å². The number of anilines is 1. The minimum absolute atomic E-state index is 0.244. The van der Waals surface area contributed by atoms with E-state index < -0.39 is 57.0 Å². The van der Waals surface area contributed by atoms with Crippen molar-refractivity contribution in [2.45, 2.75) is 12.1 Å². The van der Waals surface area contributed by atoms with Crippen molar-refractivity contribution in [2.75, 3.05) is 23.5 Å². The molecule has 1 aliphatic heterocycles. The third-order valence-corrected chi connectivity index (χ3v) is 7.32. The highest BCUT2D eigenvalue weighted by Gasteiger charge is 2.46. The largest absolute Gasteiger partial charge is 0.497 e. The highest BCUT2D eigenvalue weighted by molar-refractivity contribution is 7.91. The Bertz CT molecular complexity index is 1360. The fraction of sp³-hybridized carbons (Fsp3) is 0.200. The molecule has 4 rings (SSSR count). The van der Waals surface area contributed by atoms with E-state index in [1.165, 1.54) is 55.6 Å². The van der Waals surface area contributed by atoms with E-state index in [0.717, 1.165) is 17.0 Å². The lowest BCUT2D eigenvalue weighted by molar-refractivity contribution is 0.0309. The molecule has 3 aromatic rings. The average Bonchev–Trinajstić information content (AvgIpc) is 3.13. The minimum Gasteiger partial charge on any atom is -0.497 e. The monoisotopic (exact) mass is 501 g/mol. The van der Waals surface area contributed by atoms with Gasteiger partial charge in [-0.25, -0.2) is 22.0 Å². The molecule has 1 amide bonds. The number of hydrogen-bond donors (Lipinski definition) is 0. The van der Waals surface area contributed by atoms with Gasteiger partial charge in [-0.05, 0) is 48.5 Å². The average molecular weight is 502 g/mol. The van der Waals surface area contributed by atoms with E-state index in [0.29, 0.717) is 5.75 Å². The Morgan fingerprint density at radius 2 is 1.43 bits per heavy atom. The maximum absolute atomic E-state index is 14.5. The smallest absolute Gasteiger partial charge is 0.341 e. The van der Waals surface area contributed by atoms with Crippen LogP contribution in [0.25, 0.3) is 0 Å². The molecule has 0 spiro atoms. The molecule has 0 N–H and O–H groups in total. The third-order valence-electron chi connectivity index (χ3n) is 5.63. The van der Waals surface area contributed by atoms with Gasteiger partial charge in [0.05, 0.1) is 35.8 Å². The summed E-state index contributed by atoms with van der Waals surface area (Å²) >= 11 is 0. The number of halogens is 2. The van der Waals surface area contributed by atoms with Gasteiger partial charge in [-0.3, -0.25) is 4.79 Å². The van der Waals surface area contributed by atoms with Crippen molar-refractivity contribution >= 4 is 27.4 Å². The van der Waals surface area contributed by atoms with Crippen molar-refractivity contribution in [3.05, 3.63) is 95.6 Å². The van der Waals surface area contributed by atoms with Crippen molar-refractivity contribution in [3.8, 4) is 5.75 Å². The molecular formula is C25H21F2NO6S. The fourth-order valence-electron chi connectivity index (χ4n) is 3.94. The molecule has 3 aromatic carbocycles. The van der Waals surface area contributed by atoms with Crippen LogP contribution in [0, 0.1) is 11.6 Å². The lowest BCUT2D eigenvalue weighted by Gasteiger charge is -2.32. The normalized spacial score (nSPS) is 18.6. The van der Waals surface area contributed by atoms with Crippen molar-refractivity contribution in [1.29, 1.82) is 0 Å². The van der Waals surface area contributed by atoms with Gasteiger partial charge in [0.2, 0.25) is 0 Å². The Labute approximate surface area is 200 Å². The lowest BCUT2D eigenvalue weighted by Crippen LogP contribution is -2.48. The molecule has 10 heteroatoms. The van der Waals surface area contributed by atoms with Gasteiger partial charge in [-0.15, -0.1) is 0 Å². The molecule has 0 saturated carbocycles. The van der Waals surface area contributed by atoms with Gasteiger partial charge in [0, 0.05) is 5.69 Å². The van der Waals surface area contributed by atoms with Gasteiger partial charge in [0.25, 0.3) is 5.91 Å². The minimum atomic E-state index is -3.76. The molecule has 0 radical (unpaired) electrons. The summed E-state index contributed by atoms with van der Waals surface area (Å²) in [5, 5.41) is 0. The topological polar surface area (TPSA) is 90.0 Å². The summed E-state index contributed by atoms with van der Waals surface area (Å²) in [5.74, 6) is -4.14. The van der Waals surface area contributed by atoms with Crippen LogP contribution in [0.3, 0.4) is 0 Å². The first-order valence-electron chi connectivity index (χ1n) is 10.6. The van der Waals surface area contributed by atoms with E-state index in [1.54, 1.807) is 12.1 Å². The highest BCUT2D eigenvalue weighted by atomic mass is 32.2. The number of rotatable bonds is 6. The van der Waals surface area contributed by atoms with Gasteiger partial charge in [-0.2, -0.15) is 0 Å². The van der Waals surface area contributed by atoms with Crippen LogP contribution < -0.4 is 9.64 Å². The zero-order valence-corrected chi connectivity index (χ0v) is 19.4. The summed E-state index contributed by atoms with van der Waals surface area (Å²) in [6.07, 6.45) is -1.31. The van der Waals surface area contributed by atoms with Gasteiger partial charge in [0.1, 0.15) is 23.5 Å². The molecule has 1 saturated heterocycles. The Morgan fingerprint density at radius 1 is 0.857 bits per heavy atom. The van der Waals surface area contributed by atoms with Crippen molar-refractivity contribution in [2.24, 2.45) is 0 Å². The summed E-state index contributed by atoms with van der Waals surface area (Å²) < 4.78 is 64.4. The number of ether oxygens (including phenoxy) is 2. The number of benzene rings is 3. The molecule has 0 unspecified atom stereocenters. The highest BCUT2D eigenvalue weighted by Crippen LogP contribution is 2.31. The molecule has 0 aromatic heterocycles. The molecule has 0 aliphatic carbocycles. The van der Waals surface area contributed by atoms with E-state index in [2.05, 4.69) is 0 Å². The van der Waals surface area contributed by atoms with Gasteiger partial charge >= 0.3 is 5.97 Å². The van der Waals surface area contributed by atoms with Crippen LogP contribution in [0.4, 0.5) is 14.5 Å². The maximum Gasteiger partial charge on any atom is 0.341 e. The van der Waals surface area contributed by atoms with Crippen molar-refractivity contribution in [1.82, 2.24) is 0 Å². The number of esters is 1. The number of carbonyl (C=O) groups is 2.